The molecule has 0 aromatic carbocycles. The summed E-state index contributed by atoms with van der Waals surface area (Å²) in [5, 5.41) is 8.47. The second-order valence-electron chi connectivity index (χ2n) is 3.57. The number of carboxylic acid groups (broad SMARTS) is 1. The highest BCUT2D eigenvalue weighted by molar-refractivity contribution is 6.33. The number of pyridine rings is 1. The smallest absolute Gasteiger partial charge is 0.370 e. The van der Waals surface area contributed by atoms with E-state index in [0.29, 0.717) is 12.2 Å². The molecule has 5 N–H and O–H groups in total. The van der Waals surface area contributed by atoms with Gasteiger partial charge in [-0.05, 0) is 31.4 Å². The zero-order valence-corrected chi connectivity index (χ0v) is 9.47. The number of carbonyl (C=O) groups is 1. The van der Waals surface area contributed by atoms with Crippen molar-refractivity contribution in [3.05, 3.63) is 24.0 Å². The number of aliphatic imine (C=N–C) groups is 1. The molecule has 0 atom stereocenters. The van der Waals surface area contributed by atoms with Crippen LogP contribution in [-0.4, -0.2) is 28.4 Å². The number of aryl methyl sites for hydroxylation is 1. The summed E-state index contributed by atoms with van der Waals surface area (Å²) < 4.78 is 0. The average Bonchev–Trinajstić information content (AvgIpc) is 2.30. The van der Waals surface area contributed by atoms with Crippen molar-refractivity contribution in [2.45, 2.75) is 19.3 Å². The topological polar surface area (TPSA) is 115 Å². The van der Waals surface area contributed by atoms with Crippen LogP contribution in [0, 0.1) is 0 Å². The van der Waals surface area contributed by atoms with E-state index in [9.17, 15) is 4.79 Å². The summed E-state index contributed by atoms with van der Waals surface area (Å²) in [6.45, 7) is 0.408. The molecule has 6 nitrogen and oxygen atoms in total. The lowest BCUT2D eigenvalue weighted by Crippen LogP contribution is -2.23. The summed E-state index contributed by atoms with van der Waals surface area (Å²) >= 11 is 0. The summed E-state index contributed by atoms with van der Waals surface area (Å²) in [5.74, 6) is -1.53. The van der Waals surface area contributed by atoms with Crippen LogP contribution >= 0.6 is 0 Å². The van der Waals surface area contributed by atoms with Gasteiger partial charge in [-0.25, -0.2) is 4.79 Å². The molecule has 0 amide bonds. The van der Waals surface area contributed by atoms with Crippen molar-refractivity contribution in [2.75, 3.05) is 12.3 Å². The number of nitrogen functional groups attached to an aromatic ring is 1. The van der Waals surface area contributed by atoms with Gasteiger partial charge in [0.2, 0.25) is 5.84 Å². The van der Waals surface area contributed by atoms with Crippen LogP contribution in [0.1, 0.15) is 18.5 Å². The third-order valence-electron chi connectivity index (χ3n) is 2.25. The van der Waals surface area contributed by atoms with Crippen molar-refractivity contribution >= 4 is 17.5 Å². The molecule has 1 rings (SSSR count). The van der Waals surface area contributed by atoms with Gasteiger partial charge in [0.1, 0.15) is 0 Å². The Morgan fingerprint density at radius 3 is 2.88 bits per heavy atom. The molecular formula is C11H16N4O2. The van der Waals surface area contributed by atoms with Crippen LogP contribution in [0.15, 0.2) is 23.3 Å². The molecule has 1 aromatic rings. The molecule has 1 heterocycles. The fraction of sp³-hybridized carbons (Fsp3) is 0.364. The van der Waals surface area contributed by atoms with Crippen LogP contribution in [0.2, 0.25) is 0 Å². The standard InChI is InChI=1S/C11H16N4O2/c12-8-4-3-7-14-9(8)5-1-2-6-15-10(13)11(16)17/h3-4,7H,1-2,5-6,12H2,(H2,13,15)(H,16,17). The number of hydrogen-bond acceptors (Lipinski definition) is 4. The van der Waals surface area contributed by atoms with Crippen LogP contribution in [-0.2, 0) is 11.2 Å². The van der Waals surface area contributed by atoms with E-state index < -0.39 is 5.97 Å². The lowest BCUT2D eigenvalue weighted by Gasteiger charge is -2.02. The molecule has 0 saturated heterocycles. The summed E-state index contributed by atoms with van der Waals surface area (Å²) in [5.41, 5.74) is 12.4. The van der Waals surface area contributed by atoms with Crippen molar-refractivity contribution in [3.8, 4) is 0 Å². The fourth-order valence-corrected chi connectivity index (χ4v) is 1.33. The number of unbranched alkanes of at least 4 members (excludes halogenated alkanes) is 1. The molecule has 0 aliphatic heterocycles. The third-order valence-corrected chi connectivity index (χ3v) is 2.25. The third kappa shape index (κ3) is 4.50. The fourth-order valence-electron chi connectivity index (χ4n) is 1.33. The van der Waals surface area contributed by atoms with Crippen molar-refractivity contribution in [2.24, 2.45) is 10.7 Å². The first kappa shape index (κ1) is 13.0. The van der Waals surface area contributed by atoms with Crippen LogP contribution in [0.4, 0.5) is 5.69 Å². The van der Waals surface area contributed by atoms with Gasteiger partial charge in [0.05, 0.1) is 11.4 Å². The predicted octanol–water partition coefficient (Wildman–Crippen LogP) is 0.428. The van der Waals surface area contributed by atoms with Crippen molar-refractivity contribution in [1.82, 2.24) is 4.98 Å². The summed E-state index contributed by atoms with van der Waals surface area (Å²) in [6.07, 6.45) is 4.06. The van der Waals surface area contributed by atoms with Gasteiger partial charge in [-0.3, -0.25) is 9.98 Å². The second kappa shape index (κ2) is 6.47. The van der Waals surface area contributed by atoms with Crippen molar-refractivity contribution in [1.29, 1.82) is 0 Å². The minimum atomic E-state index is -1.18. The maximum Gasteiger partial charge on any atom is 0.370 e. The quantitative estimate of drug-likeness (QED) is 0.389. The first-order chi connectivity index (χ1) is 8.11. The van der Waals surface area contributed by atoms with Crippen molar-refractivity contribution in [3.63, 3.8) is 0 Å². The zero-order chi connectivity index (χ0) is 12.7. The predicted molar refractivity (Wildman–Crippen MR) is 65.7 cm³/mol. The van der Waals surface area contributed by atoms with Crippen LogP contribution in [0.5, 0.6) is 0 Å². The normalized spacial score (nSPS) is 11.4. The lowest BCUT2D eigenvalue weighted by atomic mass is 10.1. The molecule has 0 radical (unpaired) electrons. The van der Waals surface area contributed by atoms with E-state index in [0.717, 1.165) is 25.0 Å². The molecule has 0 spiro atoms. The highest BCUT2D eigenvalue weighted by atomic mass is 16.4. The molecular weight excluding hydrogens is 220 g/mol. The van der Waals surface area contributed by atoms with Crippen LogP contribution < -0.4 is 11.5 Å². The first-order valence-corrected chi connectivity index (χ1v) is 5.34. The molecule has 1 aromatic heterocycles. The largest absolute Gasteiger partial charge is 0.475 e. The number of hydrogen-bond donors (Lipinski definition) is 3. The Morgan fingerprint density at radius 2 is 2.24 bits per heavy atom. The van der Waals surface area contributed by atoms with E-state index in [4.69, 9.17) is 16.6 Å². The summed E-state index contributed by atoms with van der Waals surface area (Å²) in [6, 6.07) is 3.60. The van der Waals surface area contributed by atoms with Gasteiger partial charge in [0.15, 0.2) is 0 Å². The molecule has 0 unspecified atom stereocenters. The number of aromatic nitrogens is 1. The molecule has 0 bridgehead atoms. The number of anilines is 1. The monoisotopic (exact) mass is 236 g/mol. The van der Waals surface area contributed by atoms with Crippen LogP contribution in [0.25, 0.3) is 0 Å². The van der Waals surface area contributed by atoms with Crippen LogP contribution in [0.3, 0.4) is 0 Å². The summed E-state index contributed by atoms with van der Waals surface area (Å²) in [7, 11) is 0. The molecule has 17 heavy (non-hydrogen) atoms. The van der Waals surface area contributed by atoms with Gasteiger partial charge in [-0.2, -0.15) is 0 Å². The van der Waals surface area contributed by atoms with Gasteiger partial charge in [0, 0.05) is 12.7 Å². The molecule has 0 aliphatic rings. The lowest BCUT2D eigenvalue weighted by molar-refractivity contribution is -0.129. The molecule has 0 aliphatic carbocycles. The van der Waals surface area contributed by atoms with Gasteiger partial charge in [-0.1, -0.05) is 0 Å². The van der Waals surface area contributed by atoms with E-state index in [-0.39, 0.29) is 5.84 Å². The summed E-state index contributed by atoms with van der Waals surface area (Å²) in [4.78, 5) is 18.2. The Morgan fingerprint density at radius 1 is 1.47 bits per heavy atom. The Labute approximate surface area is 99.4 Å². The Kier molecular flexibility index (Phi) is 4.93. The van der Waals surface area contributed by atoms with E-state index in [1.54, 1.807) is 12.3 Å². The highest BCUT2D eigenvalue weighted by Crippen LogP contribution is 2.10. The van der Waals surface area contributed by atoms with Crippen molar-refractivity contribution < 1.29 is 9.90 Å². The average molecular weight is 236 g/mol. The van der Waals surface area contributed by atoms with E-state index in [2.05, 4.69) is 9.98 Å². The van der Waals surface area contributed by atoms with E-state index in [1.165, 1.54) is 0 Å². The van der Waals surface area contributed by atoms with Gasteiger partial charge < -0.3 is 16.6 Å². The second-order valence-corrected chi connectivity index (χ2v) is 3.57. The van der Waals surface area contributed by atoms with E-state index in [1.807, 2.05) is 6.07 Å². The molecule has 92 valence electrons. The Balaban J connectivity index is 2.28. The number of aliphatic carboxylic acids is 1. The minimum Gasteiger partial charge on any atom is -0.475 e. The Bertz CT molecular complexity index is 418. The highest BCUT2D eigenvalue weighted by Gasteiger charge is 2.02. The van der Waals surface area contributed by atoms with Gasteiger partial charge in [0.25, 0.3) is 0 Å². The molecule has 0 fully saturated rings. The number of amidine groups is 1. The molecule has 0 saturated carbocycles. The number of carboxylic acids is 1. The zero-order valence-electron chi connectivity index (χ0n) is 9.47. The SMILES string of the molecule is NC(=NCCCCc1ncccc1N)C(=O)O. The van der Waals surface area contributed by atoms with E-state index >= 15 is 0 Å². The number of rotatable bonds is 5. The number of nitrogens with zero attached hydrogens (tertiary/aromatic N) is 2. The Hall–Kier alpha value is -2.11. The maximum atomic E-state index is 10.3. The maximum absolute atomic E-state index is 10.3. The first-order valence-electron chi connectivity index (χ1n) is 5.34. The minimum absolute atomic E-state index is 0.345. The number of nitrogens with two attached hydrogens (primary N) is 2. The molecule has 6 heteroatoms. The van der Waals surface area contributed by atoms with Gasteiger partial charge >= 0.3 is 5.97 Å². The van der Waals surface area contributed by atoms with Gasteiger partial charge in [-0.15, -0.1) is 0 Å².